The summed E-state index contributed by atoms with van der Waals surface area (Å²) in [5.41, 5.74) is 0.869. The van der Waals surface area contributed by atoms with Gasteiger partial charge in [-0.3, -0.25) is 4.79 Å². The summed E-state index contributed by atoms with van der Waals surface area (Å²) in [6.45, 7) is 4.32. The number of carbonyl (C=O) groups excluding carboxylic acids is 1. The Balaban J connectivity index is 2.49. The highest BCUT2D eigenvalue weighted by Crippen LogP contribution is 2.15. The molecule has 1 heterocycles. The van der Waals surface area contributed by atoms with Gasteiger partial charge in [-0.2, -0.15) is 0 Å². The molecule has 1 amide bonds. The molecule has 0 fully saturated rings. The summed E-state index contributed by atoms with van der Waals surface area (Å²) in [4.78, 5) is 14.5. The maximum absolute atomic E-state index is 11.8. The molecule has 4 nitrogen and oxygen atoms in total. The largest absolute Gasteiger partial charge is 0.384 e. The van der Waals surface area contributed by atoms with Crippen LogP contribution in [0.15, 0.2) is 11.4 Å². The summed E-state index contributed by atoms with van der Waals surface area (Å²) in [5.74, 6) is 5.40. The number of aliphatic hydroxyl groups excluding tert-OH is 1. The third-order valence-corrected chi connectivity index (χ3v) is 3.25. The zero-order valence-corrected chi connectivity index (χ0v) is 12.3. The van der Waals surface area contributed by atoms with Crippen molar-refractivity contribution < 1.29 is 14.6 Å². The minimum Gasteiger partial charge on any atom is -0.384 e. The molecule has 19 heavy (non-hydrogen) atoms. The molecule has 0 aromatic carbocycles. The van der Waals surface area contributed by atoms with E-state index in [1.54, 1.807) is 23.3 Å². The van der Waals surface area contributed by atoms with E-state index in [2.05, 4.69) is 11.8 Å². The zero-order chi connectivity index (χ0) is 14.3. The highest BCUT2D eigenvalue weighted by molar-refractivity contribution is 7.10. The molecular formula is C14H19NO3S. The lowest BCUT2D eigenvalue weighted by atomic mass is 10.3. The van der Waals surface area contributed by atoms with Crippen LogP contribution in [-0.4, -0.2) is 42.3 Å². The fraction of sp³-hybridized carbons (Fsp3) is 0.500. The Morgan fingerprint density at radius 3 is 2.95 bits per heavy atom. The number of thiophene rings is 1. The number of likely N-dealkylation sites (N-methyl/N-ethyl adjacent to an activating group) is 1. The van der Waals surface area contributed by atoms with Gasteiger partial charge in [-0.25, -0.2) is 0 Å². The van der Waals surface area contributed by atoms with Crippen LogP contribution < -0.4 is 0 Å². The fourth-order valence-corrected chi connectivity index (χ4v) is 2.21. The molecule has 1 rings (SSSR count). The van der Waals surface area contributed by atoms with Crippen molar-refractivity contribution in [3.05, 3.63) is 21.9 Å². The lowest BCUT2D eigenvalue weighted by molar-refractivity contribution is -0.136. The number of carbonyl (C=O) groups is 1. The number of amides is 1. The SMILES string of the molecule is CC(C)OCC(=O)N(C)Cc1cc(C#CCO)cs1. The van der Waals surface area contributed by atoms with Crippen LogP contribution in [0.5, 0.6) is 0 Å². The van der Waals surface area contributed by atoms with Crippen molar-refractivity contribution in [1.29, 1.82) is 0 Å². The van der Waals surface area contributed by atoms with Crippen LogP contribution >= 0.6 is 11.3 Å². The molecule has 0 radical (unpaired) electrons. The average molecular weight is 281 g/mol. The van der Waals surface area contributed by atoms with Crippen LogP contribution in [0, 0.1) is 11.8 Å². The summed E-state index contributed by atoms with van der Waals surface area (Å²) in [7, 11) is 1.75. The fourth-order valence-electron chi connectivity index (χ4n) is 1.34. The van der Waals surface area contributed by atoms with Crippen molar-refractivity contribution in [2.24, 2.45) is 0 Å². The van der Waals surface area contributed by atoms with Crippen LogP contribution in [0.3, 0.4) is 0 Å². The monoisotopic (exact) mass is 281 g/mol. The standard InChI is InChI=1S/C14H19NO3S/c1-11(2)18-9-14(17)15(3)8-13-7-12(10-19-13)5-4-6-16/h7,10-11,16H,6,8-9H2,1-3H3. The number of nitrogens with zero attached hydrogens (tertiary/aromatic N) is 1. The molecule has 0 aliphatic heterocycles. The summed E-state index contributed by atoms with van der Waals surface area (Å²) < 4.78 is 5.28. The van der Waals surface area contributed by atoms with Gasteiger partial charge in [0.1, 0.15) is 13.2 Å². The minimum atomic E-state index is -0.143. The van der Waals surface area contributed by atoms with Crippen LogP contribution in [0.4, 0.5) is 0 Å². The molecule has 0 aliphatic carbocycles. The first-order valence-electron chi connectivity index (χ1n) is 6.05. The lowest BCUT2D eigenvalue weighted by Gasteiger charge is -2.17. The molecule has 0 saturated heterocycles. The van der Waals surface area contributed by atoms with Crippen molar-refractivity contribution in [2.45, 2.75) is 26.5 Å². The quantitative estimate of drug-likeness (QED) is 0.832. The lowest BCUT2D eigenvalue weighted by Crippen LogP contribution is -2.30. The molecular weight excluding hydrogens is 262 g/mol. The average Bonchev–Trinajstić information content (AvgIpc) is 2.80. The Bertz CT molecular complexity index is 471. The van der Waals surface area contributed by atoms with Gasteiger partial charge >= 0.3 is 0 Å². The predicted molar refractivity (Wildman–Crippen MR) is 75.8 cm³/mol. The van der Waals surface area contributed by atoms with E-state index in [1.165, 1.54) is 0 Å². The minimum absolute atomic E-state index is 0.0370. The summed E-state index contributed by atoms with van der Waals surface area (Å²) in [5, 5.41) is 10.5. The molecule has 0 atom stereocenters. The first-order valence-corrected chi connectivity index (χ1v) is 6.93. The Kier molecular flexibility index (Phi) is 6.57. The number of aliphatic hydroxyl groups is 1. The second-order valence-electron chi connectivity index (χ2n) is 4.37. The second-order valence-corrected chi connectivity index (χ2v) is 5.37. The van der Waals surface area contributed by atoms with Gasteiger partial charge in [0.2, 0.25) is 5.91 Å². The Morgan fingerprint density at radius 1 is 1.58 bits per heavy atom. The van der Waals surface area contributed by atoms with Crippen molar-refractivity contribution in [2.75, 3.05) is 20.3 Å². The molecule has 5 heteroatoms. The van der Waals surface area contributed by atoms with Gasteiger partial charge in [0.15, 0.2) is 0 Å². The summed E-state index contributed by atoms with van der Waals surface area (Å²) >= 11 is 1.55. The van der Waals surface area contributed by atoms with Gasteiger partial charge in [0, 0.05) is 22.9 Å². The number of rotatable bonds is 5. The highest BCUT2D eigenvalue weighted by Gasteiger charge is 2.11. The third-order valence-electron chi connectivity index (χ3n) is 2.32. The van der Waals surface area contributed by atoms with Gasteiger partial charge in [0.25, 0.3) is 0 Å². The zero-order valence-electron chi connectivity index (χ0n) is 11.5. The smallest absolute Gasteiger partial charge is 0.248 e. The van der Waals surface area contributed by atoms with E-state index < -0.39 is 0 Å². The molecule has 0 aliphatic rings. The van der Waals surface area contributed by atoms with E-state index in [9.17, 15) is 4.79 Å². The topological polar surface area (TPSA) is 49.8 Å². The molecule has 0 unspecified atom stereocenters. The van der Waals surface area contributed by atoms with Gasteiger partial charge in [-0.05, 0) is 19.9 Å². The van der Waals surface area contributed by atoms with E-state index in [4.69, 9.17) is 9.84 Å². The van der Waals surface area contributed by atoms with E-state index in [0.29, 0.717) is 6.54 Å². The number of ether oxygens (including phenoxy) is 1. The highest BCUT2D eigenvalue weighted by atomic mass is 32.1. The molecule has 104 valence electrons. The maximum atomic E-state index is 11.8. The van der Waals surface area contributed by atoms with E-state index >= 15 is 0 Å². The van der Waals surface area contributed by atoms with E-state index in [0.717, 1.165) is 10.4 Å². The van der Waals surface area contributed by atoms with E-state index in [1.807, 2.05) is 25.3 Å². The molecule has 1 aromatic heterocycles. The Hall–Kier alpha value is -1.35. The Morgan fingerprint density at radius 2 is 2.32 bits per heavy atom. The molecule has 0 saturated carbocycles. The van der Waals surface area contributed by atoms with Crippen molar-refractivity contribution in [3.63, 3.8) is 0 Å². The maximum Gasteiger partial charge on any atom is 0.248 e. The van der Waals surface area contributed by atoms with Crippen molar-refractivity contribution in [3.8, 4) is 11.8 Å². The first kappa shape index (κ1) is 15.7. The second kappa shape index (κ2) is 7.95. The van der Waals surface area contributed by atoms with Crippen LogP contribution in [0.1, 0.15) is 24.3 Å². The molecule has 0 spiro atoms. The number of hydrogen-bond acceptors (Lipinski definition) is 4. The van der Waals surface area contributed by atoms with Crippen LogP contribution in [-0.2, 0) is 16.1 Å². The Labute approximate surface area is 118 Å². The van der Waals surface area contributed by atoms with Crippen molar-refractivity contribution in [1.82, 2.24) is 4.90 Å². The van der Waals surface area contributed by atoms with Crippen molar-refractivity contribution >= 4 is 17.2 Å². The number of hydrogen-bond donors (Lipinski definition) is 1. The summed E-state index contributed by atoms with van der Waals surface area (Å²) in [6.07, 6.45) is 0.0550. The van der Waals surface area contributed by atoms with Gasteiger partial charge in [-0.1, -0.05) is 11.8 Å². The van der Waals surface area contributed by atoms with Gasteiger partial charge in [-0.15, -0.1) is 11.3 Å². The molecule has 0 bridgehead atoms. The predicted octanol–water partition coefficient (Wildman–Crippen LogP) is 1.48. The van der Waals surface area contributed by atoms with Crippen LogP contribution in [0.25, 0.3) is 0 Å². The van der Waals surface area contributed by atoms with Gasteiger partial charge < -0.3 is 14.7 Å². The first-order chi connectivity index (χ1) is 9.02. The van der Waals surface area contributed by atoms with Gasteiger partial charge in [0.05, 0.1) is 12.6 Å². The summed E-state index contributed by atoms with van der Waals surface area (Å²) in [6, 6.07) is 1.93. The molecule has 1 aromatic rings. The van der Waals surface area contributed by atoms with Crippen LogP contribution in [0.2, 0.25) is 0 Å². The normalized spacial score (nSPS) is 10.2. The van der Waals surface area contributed by atoms with E-state index in [-0.39, 0.29) is 25.2 Å². The molecule has 1 N–H and O–H groups in total. The third kappa shape index (κ3) is 5.88.